The molecule has 7 heteroatoms. The molecule has 0 aliphatic heterocycles. The molecule has 0 atom stereocenters. The summed E-state index contributed by atoms with van der Waals surface area (Å²) in [4.78, 5) is 31.5. The van der Waals surface area contributed by atoms with Crippen molar-refractivity contribution in [1.82, 2.24) is 9.97 Å². The standard InChI is InChI=1S/C24H19N3O4/c28-18-8-4-5-15(11-18)12-22(29)26-21-10-9-19-17(14-25-23(19)27-21)13-20(24(30)31)16-6-2-1-3-7-16/h1-11,13-14,28H,12H2,(H,30,31)(H2,25,26,27,29)/b20-13+. The van der Waals surface area contributed by atoms with E-state index in [0.717, 1.165) is 5.39 Å². The molecule has 0 bridgehead atoms. The number of aromatic nitrogens is 2. The first-order chi connectivity index (χ1) is 15.0. The molecular weight excluding hydrogens is 394 g/mol. The number of aromatic hydroxyl groups is 1. The number of hydrogen-bond donors (Lipinski definition) is 4. The second-order valence-corrected chi connectivity index (χ2v) is 6.96. The van der Waals surface area contributed by atoms with Gasteiger partial charge in [-0.25, -0.2) is 9.78 Å². The fourth-order valence-corrected chi connectivity index (χ4v) is 3.30. The Morgan fingerprint density at radius 2 is 1.84 bits per heavy atom. The van der Waals surface area contributed by atoms with E-state index in [0.29, 0.717) is 28.2 Å². The van der Waals surface area contributed by atoms with Gasteiger partial charge in [-0.3, -0.25) is 4.79 Å². The van der Waals surface area contributed by atoms with Gasteiger partial charge in [0.25, 0.3) is 0 Å². The number of nitrogens with one attached hydrogen (secondary N) is 2. The summed E-state index contributed by atoms with van der Waals surface area (Å²) in [6.07, 6.45) is 3.38. The molecule has 0 saturated heterocycles. The number of benzene rings is 2. The van der Waals surface area contributed by atoms with Gasteiger partial charge in [-0.1, -0.05) is 42.5 Å². The molecule has 0 saturated carbocycles. The highest BCUT2D eigenvalue weighted by Crippen LogP contribution is 2.25. The van der Waals surface area contributed by atoms with Crippen molar-refractivity contribution < 1.29 is 19.8 Å². The van der Waals surface area contributed by atoms with Crippen molar-refractivity contribution in [2.45, 2.75) is 6.42 Å². The van der Waals surface area contributed by atoms with Crippen molar-refractivity contribution in [3.8, 4) is 5.75 Å². The van der Waals surface area contributed by atoms with Crippen LogP contribution in [0, 0.1) is 0 Å². The number of pyridine rings is 1. The highest BCUT2D eigenvalue weighted by molar-refractivity contribution is 6.21. The number of nitrogens with zero attached hydrogens (tertiary/aromatic N) is 1. The van der Waals surface area contributed by atoms with Gasteiger partial charge in [0.05, 0.1) is 12.0 Å². The number of aliphatic carboxylic acids is 1. The second-order valence-electron chi connectivity index (χ2n) is 6.96. The van der Waals surface area contributed by atoms with Crippen molar-refractivity contribution in [1.29, 1.82) is 0 Å². The minimum atomic E-state index is -1.02. The quantitative estimate of drug-likeness (QED) is 0.356. The highest BCUT2D eigenvalue weighted by Gasteiger charge is 2.13. The Balaban J connectivity index is 1.56. The number of phenolic OH excluding ortho intramolecular Hbond substituents is 1. The van der Waals surface area contributed by atoms with Gasteiger partial charge < -0.3 is 20.5 Å². The molecule has 0 aliphatic rings. The lowest BCUT2D eigenvalue weighted by Crippen LogP contribution is -2.15. The SMILES string of the molecule is O=C(Cc1cccc(O)c1)Nc1ccc2c(/C=C(/C(=O)O)c3ccccc3)c[nH]c2n1. The van der Waals surface area contributed by atoms with E-state index in [1.807, 2.05) is 6.07 Å². The lowest BCUT2D eigenvalue weighted by molar-refractivity contribution is -0.130. The summed E-state index contributed by atoms with van der Waals surface area (Å²) < 4.78 is 0. The number of aromatic amines is 1. The molecule has 31 heavy (non-hydrogen) atoms. The lowest BCUT2D eigenvalue weighted by atomic mass is 10.0. The van der Waals surface area contributed by atoms with Crippen LogP contribution in [0.1, 0.15) is 16.7 Å². The number of amides is 1. The Kier molecular flexibility index (Phi) is 5.49. The van der Waals surface area contributed by atoms with E-state index in [1.54, 1.807) is 66.9 Å². The zero-order valence-corrected chi connectivity index (χ0v) is 16.4. The Morgan fingerprint density at radius 3 is 2.58 bits per heavy atom. The summed E-state index contributed by atoms with van der Waals surface area (Å²) >= 11 is 0. The van der Waals surface area contributed by atoms with Crippen molar-refractivity contribution in [2.75, 3.05) is 5.32 Å². The van der Waals surface area contributed by atoms with E-state index in [-0.39, 0.29) is 23.7 Å². The van der Waals surface area contributed by atoms with Gasteiger partial charge in [0.2, 0.25) is 5.91 Å². The fraction of sp³-hybridized carbons (Fsp3) is 0.0417. The van der Waals surface area contributed by atoms with Crippen molar-refractivity contribution >= 4 is 40.4 Å². The van der Waals surface area contributed by atoms with E-state index >= 15 is 0 Å². The summed E-state index contributed by atoms with van der Waals surface area (Å²) in [6.45, 7) is 0. The van der Waals surface area contributed by atoms with Crippen molar-refractivity contribution in [2.24, 2.45) is 0 Å². The maximum Gasteiger partial charge on any atom is 0.336 e. The first-order valence-electron chi connectivity index (χ1n) is 9.56. The molecule has 0 unspecified atom stereocenters. The number of carbonyl (C=O) groups excluding carboxylic acids is 1. The molecule has 4 aromatic rings. The molecule has 4 rings (SSSR count). The maximum absolute atomic E-state index is 12.3. The van der Waals surface area contributed by atoms with Crippen LogP contribution in [0.4, 0.5) is 5.82 Å². The largest absolute Gasteiger partial charge is 0.508 e. The number of carboxylic acid groups (broad SMARTS) is 1. The molecule has 7 nitrogen and oxygen atoms in total. The molecule has 4 N–H and O–H groups in total. The number of anilines is 1. The van der Waals surface area contributed by atoms with Gasteiger partial charge in [0, 0.05) is 17.1 Å². The second kappa shape index (κ2) is 8.54. The molecule has 154 valence electrons. The van der Waals surface area contributed by atoms with Crippen LogP contribution in [-0.4, -0.2) is 32.1 Å². The van der Waals surface area contributed by atoms with Gasteiger partial charge in [-0.2, -0.15) is 0 Å². The molecule has 0 fully saturated rings. The van der Waals surface area contributed by atoms with Crippen LogP contribution in [0.5, 0.6) is 5.75 Å². The third-order valence-electron chi connectivity index (χ3n) is 4.73. The van der Waals surface area contributed by atoms with E-state index in [2.05, 4.69) is 15.3 Å². The molecular formula is C24H19N3O4. The van der Waals surface area contributed by atoms with Crippen molar-refractivity contribution in [3.05, 3.63) is 89.6 Å². The van der Waals surface area contributed by atoms with Gasteiger partial charge >= 0.3 is 5.97 Å². The smallest absolute Gasteiger partial charge is 0.336 e. The van der Waals surface area contributed by atoms with E-state index in [1.165, 1.54) is 6.07 Å². The molecule has 0 spiro atoms. The van der Waals surface area contributed by atoms with Crippen molar-refractivity contribution in [3.63, 3.8) is 0 Å². The normalized spacial score (nSPS) is 11.4. The number of carboxylic acids is 1. The van der Waals surface area contributed by atoms with E-state index in [9.17, 15) is 19.8 Å². The summed E-state index contributed by atoms with van der Waals surface area (Å²) in [5.41, 5.74) is 2.67. The van der Waals surface area contributed by atoms with E-state index in [4.69, 9.17) is 0 Å². The topological polar surface area (TPSA) is 115 Å². The Labute approximate surface area is 177 Å². The van der Waals surface area contributed by atoms with Crippen LogP contribution in [0.2, 0.25) is 0 Å². The maximum atomic E-state index is 12.3. The first kappa shape index (κ1) is 19.9. The van der Waals surface area contributed by atoms with Gasteiger partial charge in [0.15, 0.2) is 0 Å². The molecule has 2 heterocycles. The monoisotopic (exact) mass is 413 g/mol. The predicted molar refractivity (Wildman–Crippen MR) is 118 cm³/mol. The minimum Gasteiger partial charge on any atom is -0.508 e. The first-order valence-corrected chi connectivity index (χ1v) is 9.56. The average molecular weight is 413 g/mol. The summed E-state index contributed by atoms with van der Waals surface area (Å²) in [7, 11) is 0. The van der Waals surface area contributed by atoms with Crippen LogP contribution in [0.15, 0.2) is 72.9 Å². The zero-order valence-electron chi connectivity index (χ0n) is 16.4. The summed E-state index contributed by atoms with van der Waals surface area (Å²) in [5, 5.41) is 22.6. The number of carbonyl (C=O) groups is 2. The zero-order chi connectivity index (χ0) is 21.8. The Morgan fingerprint density at radius 1 is 1.03 bits per heavy atom. The van der Waals surface area contributed by atoms with Gasteiger partial charge in [-0.15, -0.1) is 0 Å². The van der Waals surface area contributed by atoms with E-state index < -0.39 is 5.97 Å². The number of hydrogen-bond acceptors (Lipinski definition) is 4. The Hall–Kier alpha value is -4.39. The number of rotatable bonds is 6. The molecule has 2 aromatic heterocycles. The third-order valence-corrected chi connectivity index (χ3v) is 4.73. The van der Waals surface area contributed by atoms with Crippen LogP contribution in [0.25, 0.3) is 22.7 Å². The number of fused-ring (bicyclic) bond motifs is 1. The average Bonchev–Trinajstić information content (AvgIpc) is 3.14. The van der Waals surface area contributed by atoms with Crippen LogP contribution in [0.3, 0.4) is 0 Å². The van der Waals surface area contributed by atoms with Crippen LogP contribution in [-0.2, 0) is 16.0 Å². The summed E-state index contributed by atoms with van der Waals surface area (Å²) in [5.74, 6) is -0.810. The third kappa shape index (κ3) is 4.62. The molecule has 0 radical (unpaired) electrons. The lowest BCUT2D eigenvalue weighted by Gasteiger charge is -2.05. The molecule has 1 amide bonds. The molecule has 0 aliphatic carbocycles. The Bertz CT molecular complexity index is 1290. The number of H-pyrrole nitrogens is 1. The predicted octanol–water partition coefficient (Wildman–Crippen LogP) is 4.07. The number of phenols is 1. The van der Waals surface area contributed by atoms with Gasteiger partial charge in [0.1, 0.15) is 17.2 Å². The highest BCUT2D eigenvalue weighted by atomic mass is 16.4. The van der Waals surface area contributed by atoms with Gasteiger partial charge in [-0.05, 0) is 41.5 Å². The van der Waals surface area contributed by atoms with Crippen LogP contribution >= 0.6 is 0 Å². The van der Waals surface area contributed by atoms with Crippen LogP contribution < -0.4 is 5.32 Å². The molecule has 2 aromatic carbocycles. The minimum absolute atomic E-state index is 0.103. The summed E-state index contributed by atoms with van der Waals surface area (Å²) in [6, 6.07) is 18.8. The fourth-order valence-electron chi connectivity index (χ4n) is 3.30.